The predicted octanol–water partition coefficient (Wildman–Crippen LogP) is 7.16. The Hall–Kier alpha value is -4.13. The number of hydrogen-bond acceptors (Lipinski definition) is 4. The van der Waals surface area contributed by atoms with Gasteiger partial charge in [0, 0.05) is 36.6 Å². The van der Waals surface area contributed by atoms with Crippen LogP contribution < -0.4 is 10.2 Å². The molecule has 4 aromatic carbocycles. The number of fused-ring (bicyclic) bond motifs is 2. The van der Waals surface area contributed by atoms with E-state index in [9.17, 15) is 9.59 Å². The summed E-state index contributed by atoms with van der Waals surface area (Å²) in [6.45, 7) is 8.35. The standard InChI is InChI=1S/C37H37N3O2S/c1-26-12-13-27(2)32(22-26)25-40-33-10-5-6-11-34(33)43-35(37(40)42)23-28-14-16-30(17-15-28)36(41)38-19-7-20-39-21-18-29-8-3-4-9-31(29)24-39/h3-6,8-17,22-23H,7,18-21,24-25H2,1-2H3,(H,38,41)/b35-23-. The smallest absolute Gasteiger partial charge is 0.265 e. The van der Waals surface area contributed by atoms with Crippen molar-refractivity contribution in [2.75, 3.05) is 24.5 Å². The van der Waals surface area contributed by atoms with E-state index in [2.05, 4.69) is 72.6 Å². The third-order valence-electron chi connectivity index (χ3n) is 8.28. The van der Waals surface area contributed by atoms with Gasteiger partial charge in [0.25, 0.3) is 11.8 Å². The molecule has 0 spiro atoms. The van der Waals surface area contributed by atoms with Gasteiger partial charge in [-0.1, -0.05) is 84.1 Å². The summed E-state index contributed by atoms with van der Waals surface area (Å²) in [7, 11) is 0. The Labute approximate surface area is 258 Å². The van der Waals surface area contributed by atoms with Gasteiger partial charge in [0.05, 0.1) is 17.1 Å². The first-order valence-corrected chi connectivity index (χ1v) is 15.8. The highest BCUT2D eigenvalue weighted by molar-refractivity contribution is 8.04. The molecule has 0 aliphatic carbocycles. The number of para-hydroxylation sites is 1. The summed E-state index contributed by atoms with van der Waals surface area (Å²) in [5.41, 5.74) is 8.82. The number of anilines is 1. The van der Waals surface area contributed by atoms with Crippen LogP contribution in [0.5, 0.6) is 0 Å². The molecule has 6 heteroatoms. The lowest BCUT2D eigenvalue weighted by Gasteiger charge is -2.31. The Morgan fingerprint density at radius 2 is 1.70 bits per heavy atom. The molecule has 0 fully saturated rings. The van der Waals surface area contributed by atoms with Crippen LogP contribution in [-0.4, -0.2) is 36.3 Å². The Balaban J connectivity index is 1.08. The van der Waals surface area contributed by atoms with E-state index in [0.717, 1.165) is 54.2 Å². The van der Waals surface area contributed by atoms with Crippen molar-refractivity contribution < 1.29 is 9.59 Å². The van der Waals surface area contributed by atoms with Crippen LogP contribution in [0.4, 0.5) is 5.69 Å². The third-order valence-corrected chi connectivity index (χ3v) is 9.36. The number of carbonyl (C=O) groups is 2. The molecule has 4 aromatic rings. The highest BCUT2D eigenvalue weighted by atomic mass is 32.2. The monoisotopic (exact) mass is 587 g/mol. The van der Waals surface area contributed by atoms with Crippen molar-refractivity contribution in [3.8, 4) is 0 Å². The highest BCUT2D eigenvalue weighted by Gasteiger charge is 2.29. The number of carbonyl (C=O) groups excluding carboxylic acids is 2. The van der Waals surface area contributed by atoms with E-state index < -0.39 is 0 Å². The van der Waals surface area contributed by atoms with Gasteiger partial charge in [-0.05, 0) is 84.8 Å². The zero-order valence-corrected chi connectivity index (χ0v) is 25.6. The Morgan fingerprint density at radius 3 is 2.53 bits per heavy atom. The lowest BCUT2D eigenvalue weighted by molar-refractivity contribution is -0.114. The molecule has 0 bridgehead atoms. The van der Waals surface area contributed by atoms with Gasteiger partial charge in [-0.15, -0.1) is 0 Å². The fourth-order valence-electron chi connectivity index (χ4n) is 5.79. The molecule has 6 rings (SSSR count). The molecule has 0 atom stereocenters. The van der Waals surface area contributed by atoms with Gasteiger partial charge in [0.1, 0.15) is 0 Å². The highest BCUT2D eigenvalue weighted by Crippen LogP contribution is 2.42. The number of hydrogen-bond donors (Lipinski definition) is 1. The summed E-state index contributed by atoms with van der Waals surface area (Å²) in [6.07, 6.45) is 3.93. The first kappa shape index (κ1) is 29.0. The topological polar surface area (TPSA) is 52.7 Å². The van der Waals surface area contributed by atoms with Crippen LogP contribution in [0.25, 0.3) is 6.08 Å². The number of amides is 2. The second-order valence-electron chi connectivity index (χ2n) is 11.4. The summed E-state index contributed by atoms with van der Waals surface area (Å²) < 4.78 is 0. The molecule has 2 aliphatic rings. The van der Waals surface area contributed by atoms with E-state index in [0.29, 0.717) is 23.6 Å². The summed E-state index contributed by atoms with van der Waals surface area (Å²) in [6, 6.07) is 30.6. The molecule has 0 unspecified atom stereocenters. The Kier molecular flexibility index (Phi) is 8.77. The second-order valence-corrected chi connectivity index (χ2v) is 12.5. The van der Waals surface area contributed by atoms with E-state index in [4.69, 9.17) is 0 Å². The number of thioether (sulfide) groups is 1. The maximum Gasteiger partial charge on any atom is 0.265 e. The molecule has 2 heterocycles. The van der Waals surface area contributed by atoms with E-state index in [-0.39, 0.29) is 11.8 Å². The van der Waals surface area contributed by atoms with Crippen molar-refractivity contribution in [2.24, 2.45) is 0 Å². The molecule has 0 saturated heterocycles. The van der Waals surface area contributed by atoms with Crippen LogP contribution in [0.15, 0.2) is 101 Å². The van der Waals surface area contributed by atoms with Crippen molar-refractivity contribution in [2.45, 2.75) is 44.7 Å². The van der Waals surface area contributed by atoms with Gasteiger partial charge in [0.2, 0.25) is 0 Å². The van der Waals surface area contributed by atoms with Crippen LogP contribution in [0, 0.1) is 13.8 Å². The van der Waals surface area contributed by atoms with Crippen LogP contribution in [0.3, 0.4) is 0 Å². The molecular weight excluding hydrogens is 550 g/mol. The number of nitrogens with one attached hydrogen (secondary N) is 1. The maximum absolute atomic E-state index is 13.8. The lowest BCUT2D eigenvalue weighted by atomic mass is 10.00. The largest absolute Gasteiger partial charge is 0.352 e. The SMILES string of the molecule is Cc1ccc(C)c(CN2C(=O)/C(=C/c3ccc(C(=O)NCCCN4CCc5ccccc5C4)cc3)Sc3ccccc32)c1. The molecule has 2 amide bonds. The van der Waals surface area contributed by atoms with Gasteiger partial charge in [0.15, 0.2) is 0 Å². The van der Waals surface area contributed by atoms with Crippen molar-refractivity contribution in [3.05, 3.63) is 135 Å². The lowest BCUT2D eigenvalue weighted by Crippen LogP contribution is -2.34. The van der Waals surface area contributed by atoms with E-state index >= 15 is 0 Å². The minimum Gasteiger partial charge on any atom is -0.352 e. The molecule has 5 nitrogen and oxygen atoms in total. The molecule has 2 aliphatic heterocycles. The first-order chi connectivity index (χ1) is 20.9. The third kappa shape index (κ3) is 6.76. The van der Waals surface area contributed by atoms with Gasteiger partial charge in [-0.2, -0.15) is 0 Å². The summed E-state index contributed by atoms with van der Waals surface area (Å²) >= 11 is 1.50. The van der Waals surface area contributed by atoms with Crippen molar-refractivity contribution in [1.29, 1.82) is 0 Å². The summed E-state index contributed by atoms with van der Waals surface area (Å²) in [5, 5.41) is 3.07. The van der Waals surface area contributed by atoms with E-state index in [1.165, 1.54) is 34.0 Å². The second kappa shape index (κ2) is 13.0. The van der Waals surface area contributed by atoms with Crippen molar-refractivity contribution in [1.82, 2.24) is 10.2 Å². The molecule has 43 heavy (non-hydrogen) atoms. The van der Waals surface area contributed by atoms with Crippen molar-refractivity contribution >= 4 is 35.3 Å². The fourth-order valence-corrected chi connectivity index (χ4v) is 6.85. The zero-order valence-electron chi connectivity index (χ0n) is 24.8. The normalized spacial score (nSPS) is 15.7. The Morgan fingerprint density at radius 1 is 0.930 bits per heavy atom. The first-order valence-electron chi connectivity index (χ1n) is 15.0. The molecule has 0 aromatic heterocycles. The summed E-state index contributed by atoms with van der Waals surface area (Å²) in [5.74, 6) is -0.0800. The van der Waals surface area contributed by atoms with Gasteiger partial charge in [-0.25, -0.2) is 0 Å². The maximum atomic E-state index is 13.8. The van der Waals surface area contributed by atoms with E-state index in [1.807, 2.05) is 53.4 Å². The number of benzene rings is 4. The average molecular weight is 588 g/mol. The van der Waals surface area contributed by atoms with Gasteiger partial charge < -0.3 is 10.2 Å². The number of rotatable bonds is 8. The number of nitrogens with zero attached hydrogens (tertiary/aromatic N) is 2. The quantitative estimate of drug-likeness (QED) is 0.176. The molecular formula is C37H37N3O2S. The van der Waals surface area contributed by atoms with Crippen LogP contribution in [0.1, 0.15) is 50.2 Å². The van der Waals surface area contributed by atoms with Crippen LogP contribution >= 0.6 is 11.8 Å². The Bertz CT molecular complexity index is 1680. The fraction of sp³-hybridized carbons (Fsp3) is 0.243. The summed E-state index contributed by atoms with van der Waals surface area (Å²) in [4.78, 5) is 32.6. The predicted molar refractivity (Wildman–Crippen MR) is 176 cm³/mol. The van der Waals surface area contributed by atoms with Crippen molar-refractivity contribution in [3.63, 3.8) is 0 Å². The average Bonchev–Trinajstić information content (AvgIpc) is 3.03. The number of aryl methyl sites for hydroxylation is 2. The molecule has 0 saturated carbocycles. The minimum atomic E-state index is -0.0695. The van der Waals surface area contributed by atoms with Crippen LogP contribution in [-0.2, 0) is 24.3 Å². The molecule has 1 N–H and O–H groups in total. The van der Waals surface area contributed by atoms with Gasteiger partial charge >= 0.3 is 0 Å². The molecule has 218 valence electrons. The zero-order chi connectivity index (χ0) is 29.8. The van der Waals surface area contributed by atoms with E-state index in [1.54, 1.807) is 0 Å². The van der Waals surface area contributed by atoms with Gasteiger partial charge in [-0.3, -0.25) is 14.5 Å². The molecule has 0 radical (unpaired) electrons. The van der Waals surface area contributed by atoms with Crippen LogP contribution in [0.2, 0.25) is 0 Å². The minimum absolute atomic E-state index is 0.0105.